The molecule has 4 nitrogen and oxygen atoms in total. The summed E-state index contributed by atoms with van der Waals surface area (Å²) in [4.78, 5) is 19.3. The summed E-state index contributed by atoms with van der Waals surface area (Å²) in [6, 6.07) is 4.62. The normalized spacial score (nSPS) is 16.3. The average molecular weight is 331 g/mol. The van der Waals surface area contributed by atoms with Crippen LogP contribution in [0.25, 0.3) is 10.2 Å². The molecule has 0 atom stereocenters. The molecular weight excluding hydrogens is 306 g/mol. The lowest BCUT2D eigenvalue weighted by Crippen LogP contribution is -2.42. The number of piperidine rings is 1. The van der Waals surface area contributed by atoms with Crippen LogP contribution in [0, 0.1) is 19.8 Å². The number of thiazole rings is 1. The fourth-order valence-electron chi connectivity index (χ4n) is 3.23. The van der Waals surface area contributed by atoms with Gasteiger partial charge in [0.2, 0.25) is 5.91 Å². The molecule has 0 radical (unpaired) electrons. The Bertz CT molecular complexity index is 714. The van der Waals surface area contributed by atoms with Crippen LogP contribution in [0.5, 0.6) is 0 Å². The van der Waals surface area contributed by atoms with Gasteiger partial charge in [0.15, 0.2) is 5.13 Å². The van der Waals surface area contributed by atoms with Crippen LogP contribution in [0.2, 0.25) is 0 Å². The van der Waals surface area contributed by atoms with Crippen LogP contribution in [0.3, 0.4) is 0 Å². The van der Waals surface area contributed by atoms with Crippen molar-refractivity contribution in [2.24, 2.45) is 5.92 Å². The van der Waals surface area contributed by atoms with Crippen molar-refractivity contribution in [2.75, 3.05) is 18.0 Å². The predicted octanol–water partition coefficient (Wildman–Crippen LogP) is 3.65. The second kappa shape index (κ2) is 6.48. The maximum Gasteiger partial charge on any atom is 0.223 e. The van der Waals surface area contributed by atoms with E-state index >= 15 is 0 Å². The fraction of sp³-hybridized carbons (Fsp3) is 0.556. The van der Waals surface area contributed by atoms with Crippen molar-refractivity contribution in [1.29, 1.82) is 0 Å². The maximum absolute atomic E-state index is 12.1. The van der Waals surface area contributed by atoms with Gasteiger partial charge in [-0.2, -0.15) is 0 Å². The highest BCUT2D eigenvalue weighted by molar-refractivity contribution is 7.22. The van der Waals surface area contributed by atoms with Gasteiger partial charge in [0.1, 0.15) is 0 Å². The highest BCUT2D eigenvalue weighted by Crippen LogP contribution is 2.33. The van der Waals surface area contributed by atoms with Crippen LogP contribution < -0.4 is 10.2 Å². The lowest BCUT2D eigenvalue weighted by molar-refractivity contribution is -0.126. The largest absolute Gasteiger partial charge is 0.354 e. The molecule has 0 unspecified atom stereocenters. The van der Waals surface area contributed by atoms with E-state index in [2.05, 4.69) is 36.2 Å². The highest BCUT2D eigenvalue weighted by Gasteiger charge is 2.26. The first-order chi connectivity index (χ1) is 10.9. The highest BCUT2D eigenvalue weighted by atomic mass is 32.1. The van der Waals surface area contributed by atoms with Gasteiger partial charge in [-0.25, -0.2) is 4.98 Å². The van der Waals surface area contributed by atoms with E-state index in [-0.39, 0.29) is 17.9 Å². The summed E-state index contributed by atoms with van der Waals surface area (Å²) < 4.78 is 1.26. The number of nitrogens with zero attached hydrogens (tertiary/aromatic N) is 2. The summed E-state index contributed by atoms with van der Waals surface area (Å²) >= 11 is 1.77. The van der Waals surface area contributed by atoms with Gasteiger partial charge in [-0.15, -0.1) is 0 Å². The first-order valence-electron chi connectivity index (χ1n) is 8.37. The van der Waals surface area contributed by atoms with E-state index in [0.717, 1.165) is 36.6 Å². The molecule has 1 aliphatic rings. The lowest BCUT2D eigenvalue weighted by Gasteiger charge is -2.31. The van der Waals surface area contributed by atoms with E-state index in [0.29, 0.717) is 0 Å². The molecule has 1 saturated heterocycles. The maximum atomic E-state index is 12.1. The number of nitrogens with one attached hydrogen (secondary N) is 1. The first kappa shape index (κ1) is 16.2. The van der Waals surface area contributed by atoms with Gasteiger partial charge < -0.3 is 10.2 Å². The van der Waals surface area contributed by atoms with Crippen LogP contribution in [0.1, 0.15) is 37.8 Å². The second-order valence-electron chi connectivity index (χ2n) is 6.85. The van der Waals surface area contributed by atoms with E-state index in [9.17, 15) is 4.79 Å². The molecule has 1 amide bonds. The van der Waals surface area contributed by atoms with Gasteiger partial charge in [-0.05, 0) is 57.7 Å². The van der Waals surface area contributed by atoms with Crippen molar-refractivity contribution < 1.29 is 4.79 Å². The molecule has 1 N–H and O–H groups in total. The third-order valence-electron chi connectivity index (χ3n) is 4.39. The number of rotatable bonds is 3. The summed E-state index contributed by atoms with van der Waals surface area (Å²) in [6.45, 7) is 10.1. The Balaban J connectivity index is 1.70. The molecule has 2 heterocycles. The van der Waals surface area contributed by atoms with Gasteiger partial charge in [0.05, 0.1) is 10.2 Å². The number of hydrogen-bond donors (Lipinski definition) is 1. The molecule has 0 bridgehead atoms. The number of fused-ring (bicyclic) bond motifs is 1. The Labute approximate surface area is 141 Å². The number of carbonyl (C=O) groups is 1. The second-order valence-corrected chi connectivity index (χ2v) is 7.86. The van der Waals surface area contributed by atoms with Crippen LogP contribution in [-0.2, 0) is 4.79 Å². The Morgan fingerprint density at radius 1 is 1.30 bits per heavy atom. The van der Waals surface area contributed by atoms with E-state index in [1.165, 1.54) is 15.8 Å². The molecule has 1 fully saturated rings. The van der Waals surface area contributed by atoms with E-state index in [1.807, 2.05) is 13.8 Å². The van der Waals surface area contributed by atoms with Crippen LogP contribution in [0.15, 0.2) is 12.1 Å². The smallest absolute Gasteiger partial charge is 0.223 e. The number of anilines is 1. The topological polar surface area (TPSA) is 45.2 Å². The molecule has 23 heavy (non-hydrogen) atoms. The minimum absolute atomic E-state index is 0.145. The zero-order valence-corrected chi connectivity index (χ0v) is 15.2. The SMILES string of the molecule is Cc1cc(C)c2nc(N3CCC(C(=O)NC(C)C)CC3)sc2c1. The molecule has 3 rings (SSSR count). The Kier molecular flexibility index (Phi) is 4.57. The summed E-state index contributed by atoms with van der Waals surface area (Å²) in [6.07, 6.45) is 1.82. The number of carbonyl (C=O) groups excluding carboxylic acids is 1. The number of aryl methyl sites for hydroxylation is 2. The van der Waals surface area contributed by atoms with Crippen molar-refractivity contribution in [2.45, 2.75) is 46.6 Å². The third kappa shape index (κ3) is 3.50. The monoisotopic (exact) mass is 331 g/mol. The molecule has 5 heteroatoms. The molecule has 1 aromatic carbocycles. The Hall–Kier alpha value is -1.62. The molecule has 0 aliphatic carbocycles. The predicted molar refractivity (Wildman–Crippen MR) is 97.3 cm³/mol. The molecule has 0 saturated carbocycles. The van der Waals surface area contributed by atoms with E-state index < -0.39 is 0 Å². The summed E-state index contributed by atoms with van der Waals surface area (Å²) in [5.41, 5.74) is 3.65. The summed E-state index contributed by atoms with van der Waals surface area (Å²) in [5, 5.41) is 4.13. The molecule has 1 aromatic heterocycles. The van der Waals surface area contributed by atoms with Gasteiger partial charge in [0, 0.05) is 25.0 Å². The molecular formula is C18H25N3OS. The number of hydrogen-bond acceptors (Lipinski definition) is 4. The number of aromatic nitrogens is 1. The van der Waals surface area contributed by atoms with Gasteiger partial charge in [0.25, 0.3) is 0 Å². The minimum atomic E-state index is 0.145. The zero-order valence-electron chi connectivity index (χ0n) is 14.3. The zero-order chi connectivity index (χ0) is 16.6. The molecule has 124 valence electrons. The van der Waals surface area contributed by atoms with E-state index in [4.69, 9.17) is 4.98 Å². The van der Waals surface area contributed by atoms with Crippen molar-refractivity contribution in [3.05, 3.63) is 23.3 Å². The lowest BCUT2D eigenvalue weighted by atomic mass is 9.96. The minimum Gasteiger partial charge on any atom is -0.354 e. The summed E-state index contributed by atoms with van der Waals surface area (Å²) in [5.74, 6) is 0.349. The van der Waals surface area contributed by atoms with Crippen molar-refractivity contribution >= 4 is 32.6 Å². The van der Waals surface area contributed by atoms with Crippen molar-refractivity contribution in [3.63, 3.8) is 0 Å². The first-order valence-corrected chi connectivity index (χ1v) is 9.19. The van der Waals surface area contributed by atoms with Gasteiger partial charge in [-0.1, -0.05) is 17.4 Å². The van der Waals surface area contributed by atoms with Crippen LogP contribution in [0.4, 0.5) is 5.13 Å². The summed E-state index contributed by atoms with van der Waals surface area (Å²) in [7, 11) is 0. The molecule has 0 spiro atoms. The van der Waals surface area contributed by atoms with Crippen molar-refractivity contribution in [1.82, 2.24) is 10.3 Å². The van der Waals surface area contributed by atoms with Crippen LogP contribution >= 0.6 is 11.3 Å². The Morgan fingerprint density at radius 3 is 2.65 bits per heavy atom. The quantitative estimate of drug-likeness (QED) is 0.933. The standard InChI is InChI=1S/C18H25N3OS/c1-11(2)19-17(22)14-5-7-21(8-6-14)18-20-16-13(4)9-12(3)10-15(16)23-18/h9-11,14H,5-8H2,1-4H3,(H,19,22). The number of benzene rings is 1. The third-order valence-corrected chi connectivity index (χ3v) is 5.45. The average Bonchev–Trinajstić information content (AvgIpc) is 2.91. The fourth-order valence-corrected chi connectivity index (χ4v) is 4.42. The van der Waals surface area contributed by atoms with Crippen LogP contribution in [-0.4, -0.2) is 30.0 Å². The van der Waals surface area contributed by atoms with Gasteiger partial charge >= 0.3 is 0 Å². The Morgan fingerprint density at radius 2 is 2.00 bits per heavy atom. The molecule has 2 aromatic rings. The van der Waals surface area contributed by atoms with E-state index in [1.54, 1.807) is 11.3 Å². The number of amides is 1. The van der Waals surface area contributed by atoms with Crippen molar-refractivity contribution in [3.8, 4) is 0 Å². The van der Waals surface area contributed by atoms with Gasteiger partial charge in [-0.3, -0.25) is 4.79 Å². The molecule has 1 aliphatic heterocycles.